The molecule has 1 saturated heterocycles. The molecule has 1 aliphatic heterocycles. The number of rotatable bonds is 6. The second-order valence-corrected chi connectivity index (χ2v) is 6.75. The number of ether oxygens (including phenoxy) is 2. The number of carbonyl (C=O) groups is 1. The van der Waals surface area contributed by atoms with Crippen molar-refractivity contribution in [1.82, 2.24) is 4.98 Å². The first-order valence-electron chi connectivity index (χ1n) is 8.37. The second-order valence-electron chi connectivity index (χ2n) is 6.31. The minimum atomic E-state index is -4.48. The van der Waals surface area contributed by atoms with Gasteiger partial charge in [0.15, 0.2) is 6.61 Å². The van der Waals surface area contributed by atoms with E-state index < -0.39 is 12.8 Å². The van der Waals surface area contributed by atoms with E-state index in [0.717, 1.165) is 0 Å². The van der Waals surface area contributed by atoms with Gasteiger partial charge in [0.1, 0.15) is 5.78 Å². The van der Waals surface area contributed by atoms with E-state index >= 15 is 0 Å². The zero-order valence-electron chi connectivity index (χ0n) is 14.3. The number of hydrogen-bond donors (Lipinski definition) is 0. The molecule has 8 heteroatoms. The third-order valence-electron chi connectivity index (χ3n) is 4.20. The van der Waals surface area contributed by atoms with Crippen LogP contribution in [-0.2, 0) is 16.0 Å². The minimum Gasteiger partial charge on any atom is -0.468 e. The molecule has 0 unspecified atom stereocenters. The summed E-state index contributed by atoms with van der Waals surface area (Å²) in [6.45, 7) is -0.476. The predicted molar refractivity (Wildman–Crippen MR) is 93.9 cm³/mol. The van der Waals surface area contributed by atoms with Crippen LogP contribution in [0.4, 0.5) is 13.2 Å². The van der Waals surface area contributed by atoms with Gasteiger partial charge in [-0.15, -0.1) is 0 Å². The maximum absolute atomic E-state index is 12.5. The summed E-state index contributed by atoms with van der Waals surface area (Å²) in [5.74, 6) is -0.263. The largest absolute Gasteiger partial charge is 0.468 e. The number of halogens is 4. The van der Waals surface area contributed by atoms with E-state index in [1.165, 1.54) is 6.20 Å². The van der Waals surface area contributed by atoms with E-state index in [4.69, 9.17) is 21.1 Å². The van der Waals surface area contributed by atoms with Gasteiger partial charge in [-0.25, -0.2) is 4.98 Å². The van der Waals surface area contributed by atoms with Crippen LogP contribution in [0.3, 0.4) is 0 Å². The summed E-state index contributed by atoms with van der Waals surface area (Å²) in [5, 5.41) is 0.497. The van der Waals surface area contributed by atoms with E-state index in [9.17, 15) is 18.0 Å². The lowest BCUT2D eigenvalue weighted by atomic mass is 9.96. The number of aromatic nitrogens is 1. The molecule has 27 heavy (non-hydrogen) atoms. The number of pyridine rings is 1. The summed E-state index contributed by atoms with van der Waals surface area (Å²) in [7, 11) is 0. The Morgan fingerprint density at radius 3 is 2.67 bits per heavy atom. The fraction of sp³-hybridized carbons (Fsp3) is 0.368. The molecule has 0 saturated carbocycles. The second kappa shape index (κ2) is 8.27. The molecule has 1 aromatic carbocycles. The highest BCUT2D eigenvalue weighted by Crippen LogP contribution is 2.31. The Bertz CT molecular complexity index is 803. The Hall–Kier alpha value is -2.12. The summed E-state index contributed by atoms with van der Waals surface area (Å²) in [4.78, 5) is 16.4. The van der Waals surface area contributed by atoms with Crippen LogP contribution in [0.25, 0.3) is 11.1 Å². The SMILES string of the molecule is O=C(Cc1cnc(OCC(F)(F)F)c(-c2ccc(Cl)cc2)c1)[C@H]1CCOC1. The van der Waals surface area contributed by atoms with E-state index in [-0.39, 0.29) is 24.0 Å². The fourth-order valence-electron chi connectivity index (χ4n) is 2.83. The predicted octanol–water partition coefficient (Wildman–Crippen LogP) is 4.49. The van der Waals surface area contributed by atoms with Crippen LogP contribution >= 0.6 is 11.6 Å². The highest BCUT2D eigenvalue weighted by molar-refractivity contribution is 6.30. The van der Waals surface area contributed by atoms with Gasteiger partial charge in [-0.1, -0.05) is 23.7 Å². The third kappa shape index (κ3) is 5.43. The van der Waals surface area contributed by atoms with E-state index in [1.807, 2.05) is 0 Å². The number of hydrogen-bond acceptors (Lipinski definition) is 4. The standard InChI is InChI=1S/C19H17ClF3NO3/c20-15-3-1-13(2-4-15)16-7-12(8-17(25)14-5-6-26-10-14)9-24-18(16)27-11-19(21,22)23/h1-4,7,9,14H,5-6,8,10-11H2/t14-/m0/s1. The van der Waals surface area contributed by atoms with Crippen LogP contribution in [0.2, 0.25) is 5.02 Å². The zero-order chi connectivity index (χ0) is 19.4. The molecule has 2 heterocycles. The monoisotopic (exact) mass is 399 g/mol. The van der Waals surface area contributed by atoms with Gasteiger partial charge in [0.05, 0.1) is 6.61 Å². The van der Waals surface area contributed by atoms with Gasteiger partial charge in [-0.3, -0.25) is 4.79 Å². The van der Waals surface area contributed by atoms with Crippen molar-refractivity contribution in [2.24, 2.45) is 5.92 Å². The quantitative estimate of drug-likeness (QED) is 0.718. The number of nitrogens with zero attached hydrogens (tertiary/aromatic N) is 1. The van der Waals surface area contributed by atoms with Gasteiger partial charge in [0.2, 0.25) is 5.88 Å². The third-order valence-corrected chi connectivity index (χ3v) is 4.45. The van der Waals surface area contributed by atoms with Crippen LogP contribution in [0.15, 0.2) is 36.5 Å². The number of ketones is 1. The van der Waals surface area contributed by atoms with Gasteiger partial charge in [-0.2, -0.15) is 13.2 Å². The average Bonchev–Trinajstić information content (AvgIpc) is 3.15. The fourth-order valence-corrected chi connectivity index (χ4v) is 2.95. The molecular formula is C19H17ClF3NO3. The number of carbonyl (C=O) groups excluding carboxylic acids is 1. The molecule has 0 spiro atoms. The Labute approximate surface area is 159 Å². The molecular weight excluding hydrogens is 383 g/mol. The lowest BCUT2D eigenvalue weighted by molar-refractivity contribution is -0.154. The van der Waals surface area contributed by atoms with Crippen molar-refractivity contribution in [3.8, 4) is 17.0 Å². The van der Waals surface area contributed by atoms with E-state index in [1.54, 1.807) is 30.3 Å². The smallest absolute Gasteiger partial charge is 0.422 e. The maximum atomic E-state index is 12.5. The van der Waals surface area contributed by atoms with Crippen LogP contribution in [0, 0.1) is 5.92 Å². The molecule has 4 nitrogen and oxygen atoms in total. The van der Waals surface area contributed by atoms with Gasteiger partial charge < -0.3 is 9.47 Å². The van der Waals surface area contributed by atoms with E-state index in [0.29, 0.717) is 41.3 Å². The van der Waals surface area contributed by atoms with E-state index in [2.05, 4.69) is 4.98 Å². The molecule has 0 aliphatic carbocycles. The van der Waals surface area contributed by atoms with Crippen molar-refractivity contribution >= 4 is 17.4 Å². The number of alkyl halides is 3. The molecule has 1 aromatic heterocycles. The van der Waals surface area contributed by atoms with Crippen molar-refractivity contribution < 1.29 is 27.4 Å². The summed E-state index contributed by atoms with van der Waals surface area (Å²) in [5.41, 5.74) is 1.59. The van der Waals surface area contributed by atoms with Crippen molar-refractivity contribution in [2.75, 3.05) is 19.8 Å². The number of benzene rings is 1. The Morgan fingerprint density at radius 1 is 1.30 bits per heavy atom. The highest BCUT2D eigenvalue weighted by atomic mass is 35.5. The van der Waals surface area contributed by atoms with Crippen LogP contribution in [0.1, 0.15) is 12.0 Å². The van der Waals surface area contributed by atoms with Gasteiger partial charge in [0, 0.05) is 35.7 Å². The van der Waals surface area contributed by atoms with Crippen LogP contribution in [-0.4, -0.2) is 36.8 Å². The number of Topliss-reactive ketones (excluding diaryl/α,β-unsaturated/α-hetero) is 1. The van der Waals surface area contributed by atoms with Crippen molar-refractivity contribution in [1.29, 1.82) is 0 Å². The average molecular weight is 400 g/mol. The molecule has 2 aromatic rings. The highest BCUT2D eigenvalue weighted by Gasteiger charge is 2.29. The lowest BCUT2D eigenvalue weighted by Gasteiger charge is -2.14. The van der Waals surface area contributed by atoms with Crippen LogP contribution in [0.5, 0.6) is 5.88 Å². The topological polar surface area (TPSA) is 48.4 Å². The first kappa shape index (κ1) is 19.6. The normalized spacial score (nSPS) is 17.1. The van der Waals surface area contributed by atoms with Gasteiger partial charge in [-0.05, 0) is 35.7 Å². The first-order valence-corrected chi connectivity index (χ1v) is 8.74. The summed E-state index contributed by atoms with van der Waals surface area (Å²) in [6.07, 6.45) is -2.28. The molecule has 0 bridgehead atoms. The van der Waals surface area contributed by atoms with Gasteiger partial charge in [0.25, 0.3) is 0 Å². The minimum absolute atomic E-state index is 0.0281. The molecule has 0 amide bonds. The zero-order valence-corrected chi connectivity index (χ0v) is 15.0. The Kier molecular flexibility index (Phi) is 6.01. The van der Waals surface area contributed by atoms with Crippen LogP contribution < -0.4 is 4.74 Å². The first-order chi connectivity index (χ1) is 12.8. The molecule has 1 aliphatic rings. The molecule has 1 atom stereocenters. The van der Waals surface area contributed by atoms with Gasteiger partial charge >= 0.3 is 6.18 Å². The molecule has 1 fully saturated rings. The van der Waals surface area contributed by atoms with Crippen molar-refractivity contribution in [2.45, 2.75) is 19.0 Å². The molecule has 0 N–H and O–H groups in total. The molecule has 3 rings (SSSR count). The summed E-state index contributed by atoms with van der Waals surface area (Å²) < 4.78 is 47.7. The maximum Gasteiger partial charge on any atom is 0.422 e. The van der Waals surface area contributed by atoms with Crippen molar-refractivity contribution in [3.63, 3.8) is 0 Å². The molecule has 144 valence electrons. The molecule has 0 radical (unpaired) electrons. The Morgan fingerprint density at radius 2 is 2.04 bits per heavy atom. The van der Waals surface area contributed by atoms with Crippen molar-refractivity contribution in [3.05, 3.63) is 47.1 Å². The summed E-state index contributed by atoms with van der Waals surface area (Å²) >= 11 is 5.88. The lowest BCUT2D eigenvalue weighted by Crippen LogP contribution is -2.20. The summed E-state index contributed by atoms with van der Waals surface area (Å²) in [6, 6.07) is 8.21. The Balaban J connectivity index is 1.87.